The first-order chi connectivity index (χ1) is 11.8. The fraction of sp³-hybridized carbons (Fsp3) is 0.389. The molecule has 2 amide bonds. The highest BCUT2D eigenvalue weighted by Gasteiger charge is 2.39. The lowest BCUT2D eigenvalue weighted by Crippen LogP contribution is -2.38. The number of ether oxygens (including phenoxy) is 2. The minimum atomic E-state index is -0.562. The standard InChI is InChI=1S/C18H21N3O4/c1-18(2)8-15(22)21-14(18)9-25-17-11-7-13(24-3)12(16(19)23)6-10(11)4-5-20-17/h4-7,14H,8-9H2,1-3H3,(H2,19,23)(H,21,22)/t14-/m1/s1. The number of carbonyl (C=O) groups excluding carboxylic acids is 2. The van der Waals surface area contributed by atoms with Crippen molar-refractivity contribution in [2.75, 3.05) is 13.7 Å². The zero-order valence-corrected chi connectivity index (χ0v) is 14.5. The molecule has 3 N–H and O–H groups in total. The van der Waals surface area contributed by atoms with E-state index in [9.17, 15) is 9.59 Å². The molecule has 2 heterocycles. The quantitative estimate of drug-likeness (QED) is 0.859. The van der Waals surface area contributed by atoms with E-state index in [-0.39, 0.29) is 17.4 Å². The molecule has 1 aliphatic heterocycles. The van der Waals surface area contributed by atoms with E-state index in [2.05, 4.69) is 10.3 Å². The summed E-state index contributed by atoms with van der Waals surface area (Å²) in [5.41, 5.74) is 5.52. The number of amides is 2. The van der Waals surface area contributed by atoms with Crippen molar-refractivity contribution in [2.24, 2.45) is 11.1 Å². The summed E-state index contributed by atoms with van der Waals surface area (Å²) in [5.74, 6) is 0.252. The molecule has 0 aliphatic carbocycles. The van der Waals surface area contributed by atoms with Crippen molar-refractivity contribution in [1.82, 2.24) is 10.3 Å². The largest absolute Gasteiger partial charge is 0.496 e. The Morgan fingerprint density at radius 2 is 2.20 bits per heavy atom. The molecule has 1 aromatic carbocycles. The highest BCUT2D eigenvalue weighted by atomic mass is 16.5. The van der Waals surface area contributed by atoms with Gasteiger partial charge in [0.15, 0.2) is 0 Å². The molecular formula is C18H21N3O4. The molecule has 1 aromatic heterocycles. The number of hydrogen-bond donors (Lipinski definition) is 2. The molecule has 0 saturated carbocycles. The first-order valence-corrected chi connectivity index (χ1v) is 8.00. The lowest BCUT2D eigenvalue weighted by Gasteiger charge is -2.25. The highest BCUT2D eigenvalue weighted by molar-refractivity contribution is 6.01. The summed E-state index contributed by atoms with van der Waals surface area (Å²) in [6.45, 7) is 4.36. The molecule has 1 fully saturated rings. The molecule has 25 heavy (non-hydrogen) atoms. The number of pyridine rings is 1. The molecule has 1 aliphatic rings. The summed E-state index contributed by atoms with van der Waals surface area (Å²) < 4.78 is 11.1. The summed E-state index contributed by atoms with van der Waals surface area (Å²) in [7, 11) is 1.47. The number of methoxy groups -OCH3 is 1. The number of nitrogens with one attached hydrogen (secondary N) is 1. The maximum absolute atomic E-state index is 11.6. The number of rotatable bonds is 5. The van der Waals surface area contributed by atoms with E-state index in [1.54, 1.807) is 24.4 Å². The van der Waals surface area contributed by atoms with E-state index in [1.165, 1.54) is 7.11 Å². The van der Waals surface area contributed by atoms with E-state index >= 15 is 0 Å². The highest BCUT2D eigenvalue weighted by Crippen LogP contribution is 2.33. The van der Waals surface area contributed by atoms with Crippen molar-refractivity contribution in [3.63, 3.8) is 0 Å². The van der Waals surface area contributed by atoms with Crippen molar-refractivity contribution in [2.45, 2.75) is 26.3 Å². The van der Waals surface area contributed by atoms with Crippen LogP contribution in [0, 0.1) is 5.41 Å². The van der Waals surface area contributed by atoms with Gasteiger partial charge in [0.1, 0.15) is 12.4 Å². The Morgan fingerprint density at radius 3 is 2.80 bits per heavy atom. The van der Waals surface area contributed by atoms with Crippen molar-refractivity contribution >= 4 is 22.6 Å². The fourth-order valence-corrected chi connectivity index (χ4v) is 3.06. The average Bonchev–Trinajstić information content (AvgIpc) is 2.83. The molecule has 7 nitrogen and oxygen atoms in total. The molecular weight excluding hydrogens is 322 g/mol. The van der Waals surface area contributed by atoms with Gasteiger partial charge < -0.3 is 20.5 Å². The lowest BCUT2D eigenvalue weighted by atomic mass is 9.85. The van der Waals surface area contributed by atoms with Gasteiger partial charge >= 0.3 is 0 Å². The van der Waals surface area contributed by atoms with Gasteiger partial charge in [-0.2, -0.15) is 0 Å². The number of nitrogens with two attached hydrogens (primary N) is 1. The van der Waals surface area contributed by atoms with Crippen LogP contribution in [0.4, 0.5) is 0 Å². The first-order valence-electron chi connectivity index (χ1n) is 8.00. The monoisotopic (exact) mass is 343 g/mol. The summed E-state index contributed by atoms with van der Waals surface area (Å²) in [5, 5.41) is 4.42. The number of fused-ring (bicyclic) bond motifs is 1. The topological polar surface area (TPSA) is 104 Å². The van der Waals surface area contributed by atoms with Gasteiger partial charge in [0.2, 0.25) is 11.8 Å². The Kier molecular flexibility index (Phi) is 4.24. The molecule has 0 radical (unpaired) electrons. The van der Waals surface area contributed by atoms with E-state index in [4.69, 9.17) is 15.2 Å². The molecule has 0 bridgehead atoms. The van der Waals surface area contributed by atoms with Gasteiger partial charge in [-0.3, -0.25) is 9.59 Å². The van der Waals surface area contributed by atoms with E-state index in [0.717, 1.165) is 5.39 Å². The first kappa shape index (κ1) is 17.0. The zero-order chi connectivity index (χ0) is 18.2. The van der Waals surface area contributed by atoms with E-state index in [1.807, 2.05) is 13.8 Å². The van der Waals surface area contributed by atoms with Crippen molar-refractivity contribution < 1.29 is 19.1 Å². The van der Waals surface area contributed by atoms with Gasteiger partial charge in [-0.1, -0.05) is 13.8 Å². The van der Waals surface area contributed by atoms with Crippen LogP contribution in [0.5, 0.6) is 11.6 Å². The second-order valence-electron chi connectivity index (χ2n) is 6.85. The van der Waals surface area contributed by atoms with Crippen LogP contribution in [-0.2, 0) is 4.79 Å². The molecule has 1 atom stereocenters. The van der Waals surface area contributed by atoms with Crippen LogP contribution < -0.4 is 20.5 Å². The Hall–Kier alpha value is -2.83. The predicted molar refractivity (Wildman–Crippen MR) is 92.6 cm³/mol. The van der Waals surface area contributed by atoms with Crippen LogP contribution in [0.2, 0.25) is 0 Å². The third-order valence-corrected chi connectivity index (χ3v) is 4.59. The Balaban J connectivity index is 1.92. The average molecular weight is 343 g/mol. The molecule has 3 rings (SSSR count). The van der Waals surface area contributed by atoms with Crippen LogP contribution in [0.1, 0.15) is 30.6 Å². The second-order valence-corrected chi connectivity index (χ2v) is 6.85. The van der Waals surface area contributed by atoms with Gasteiger partial charge in [-0.15, -0.1) is 0 Å². The predicted octanol–water partition coefficient (Wildman–Crippen LogP) is 1.64. The summed E-state index contributed by atoms with van der Waals surface area (Å²) >= 11 is 0. The number of carbonyl (C=O) groups is 2. The third kappa shape index (κ3) is 3.22. The number of aromatic nitrogens is 1. The Labute approximate surface area is 145 Å². The number of hydrogen-bond acceptors (Lipinski definition) is 5. The molecule has 132 valence electrons. The second kappa shape index (κ2) is 6.23. The van der Waals surface area contributed by atoms with Gasteiger partial charge in [0, 0.05) is 18.0 Å². The minimum absolute atomic E-state index is 0.0252. The zero-order valence-electron chi connectivity index (χ0n) is 14.5. The van der Waals surface area contributed by atoms with Crippen molar-refractivity contribution in [3.8, 4) is 11.6 Å². The van der Waals surface area contributed by atoms with Gasteiger partial charge in [-0.25, -0.2) is 4.98 Å². The summed E-state index contributed by atoms with van der Waals surface area (Å²) in [6.07, 6.45) is 2.08. The molecule has 1 saturated heterocycles. The Bertz CT molecular complexity index is 848. The van der Waals surface area contributed by atoms with Crippen LogP contribution in [-0.4, -0.2) is 36.6 Å². The number of nitrogens with zero attached hydrogens (tertiary/aromatic N) is 1. The van der Waals surface area contributed by atoms with Gasteiger partial charge in [0.25, 0.3) is 5.91 Å². The fourth-order valence-electron chi connectivity index (χ4n) is 3.06. The molecule has 0 spiro atoms. The number of primary amides is 1. The van der Waals surface area contributed by atoms with Crippen LogP contribution in [0.25, 0.3) is 10.8 Å². The van der Waals surface area contributed by atoms with Crippen LogP contribution in [0.15, 0.2) is 24.4 Å². The summed E-state index contributed by atoms with van der Waals surface area (Å²) in [4.78, 5) is 27.5. The Morgan fingerprint density at radius 1 is 1.44 bits per heavy atom. The SMILES string of the molecule is COc1cc2c(OC[C@H]3NC(=O)CC3(C)C)nccc2cc1C(N)=O. The summed E-state index contributed by atoms with van der Waals surface area (Å²) in [6, 6.07) is 5.03. The van der Waals surface area contributed by atoms with E-state index in [0.29, 0.717) is 35.6 Å². The van der Waals surface area contributed by atoms with Crippen molar-refractivity contribution in [3.05, 3.63) is 30.0 Å². The minimum Gasteiger partial charge on any atom is -0.496 e. The number of benzene rings is 1. The molecule has 0 unspecified atom stereocenters. The third-order valence-electron chi connectivity index (χ3n) is 4.59. The molecule has 2 aromatic rings. The normalized spacial score (nSPS) is 18.8. The van der Waals surface area contributed by atoms with Gasteiger partial charge in [0.05, 0.1) is 18.7 Å². The smallest absolute Gasteiger partial charge is 0.252 e. The van der Waals surface area contributed by atoms with Crippen LogP contribution in [0.3, 0.4) is 0 Å². The maximum atomic E-state index is 11.6. The maximum Gasteiger partial charge on any atom is 0.252 e. The van der Waals surface area contributed by atoms with Crippen molar-refractivity contribution in [1.29, 1.82) is 0 Å². The molecule has 7 heteroatoms. The van der Waals surface area contributed by atoms with Gasteiger partial charge in [-0.05, 0) is 29.0 Å². The lowest BCUT2D eigenvalue weighted by molar-refractivity contribution is -0.119. The van der Waals surface area contributed by atoms with E-state index < -0.39 is 5.91 Å². The van der Waals surface area contributed by atoms with Crippen LogP contribution >= 0.6 is 0 Å².